The fraction of sp³-hybridized carbons (Fsp3) is 0.364. The van der Waals surface area contributed by atoms with Crippen molar-refractivity contribution in [3.05, 3.63) is 48.0 Å². The maximum atomic E-state index is 12.3. The van der Waals surface area contributed by atoms with Gasteiger partial charge >= 0.3 is 5.97 Å². The summed E-state index contributed by atoms with van der Waals surface area (Å²) in [6.45, 7) is -0.413. The number of carbonyl (C=O) groups excluding carboxylic acids is 4. The zero-order valence-electron chi connectivity index (χ0n) is 16.6. The van der Waals surface area contributed by atoms with E-state index < -0.39 is 30.4 Å². The summed E-state index contributed by atoms with van der Waals surface area (Å²) in [4.78, 5) is 49.3. The number of nitrogens with zero attached hydrogens (tertiary/aromatic N) is 1. The Kier molecular flexibility index (Phi) is 7.00. The molecule has 0 unspecified atom stereocenters. The molecule has 0 aliphatic carbocycles. The number of primary amides is 1. The second-order valence-corrected chi connectivity index (χ2v) is 7.25. The lowest BCUT2D eigenvalue weighted by Gasteiger charge is -2.33. The molecule has 3 rings (SSSR count). The molecule has 1 heterocycles. The lowest BCUT2D eigenvalue weighted by Crippen LogP contribution is -2.51. The summed E-state index contributed by atoms with van der Waals surface area (Å²) in [7, 11) is 0. The molecular formula is C22H25N3O5. The van der Waals surface area contributed by atoms with Crippen LogP contribution in [0.3, 0.4) is 0 Å². The summed E-state index contributed by atoms with van der Waals surface area (Å²) < 4.78 is 4.96. The van der Waals surface area contributed by atoms with Crippen LogP contribution >= 0.6 is 0 Å². The number of nitrogens with two attached hydrogens (primary N) is 1. The van der Waals surface area contributed by atoms with Crippen LogP contribution in [0.5, 0.6) is 0 Å². The molecule has 2 aromatic rings. The molecule has 1 aliphatic rings. The van der Waals surface area contributed by atoms with Gasteiger partial charge in [-0.25, -0.2) is 0 Å². The zero-order chi connectivity index (χ0) is 21.5. The van der Waals surface area contributed by atoms with Crippen LogP contribution in [0, 0.1) is 0 Å². The number of likely N-dealkylation sites (tertiary alicyclic amines) is 1. The third-order valence-corrected chi connectivity index (χ3v) is 5.17. The molecule has 3 amide bonds. The summed E-state index contributed by atoms with van der Waals surface area (Å²) in [5, 5.41) is 4.53. The number of esters is 1. The number of nitrogens with one attached hydrogen (secondary N) is 1. The molecule has 0 bridgehead atoms. The van der Waals surface area contributed by atoms with Crippen LogP contribution < -0.4 is 11.1 Å². The summed E-state index contributed by atoms with van der Waals surface area (Å²) in [5.74, 6) is -2.06. The first kappa shape index (κ1) is 21.3. The Hall–Kier alpha value is -3.42. The second-order valence-electron chi connectivity index (χ2n) is 7.25. The Morgan fingerprint density at radius 2 is 1.83 bits per heavy atom. The van der Waals surface area contributed by atoms with E-state index in [9.17, 15) is 19.2 Å². The van der Waals surface area contributed by atoms with E-state index in [1.807, 2.05) is 42.5 Å². The standard InChI is InChI=1S/C22H25N3O5/c23-22(29)18-10-3-4-11-25(18)20(27)14-30-21(28)13-24-19(26)12-16-8-5-7-15-6-1-2-9-17(15)16/h1-2,5-9,18H,3-4,10-14H2,(H2,23,29)(H,24,26)/t18-/m0/s1. The van der Waals surface area contributed by atoms with Gasteiger partial charge in [0.1, 0.15) is 12.6 Å². The SMILES string of the molecule is NC(=O)[C@@H]1CCCCN1C(=O)COC(=O)CNC(=O)Cc1cccc2ccccc12. The van der Waals surface area contributed by atoms with Gasteiger partial charge in [-0.2, -0.15) is 0 Å². The summed E-state index contributed by atoms with van der Waals surface area (Å²) in [5.41, 5.74) is 6.20. The van der Waals surface area contributed by atoms with E-state index in [0.717, 1.165) is 29.2 Å². The highest BCUT2D eigenvalue weighted by Gasteiger charge is 2.30. The van der Waals surface area contributed by atoms with Crippen molar-refractivity contribution < 1.29 is 23.9 Å². The predicted octanol–water partition coefficient (Wildman–Crippen LogP) is 0.908. The van der Waals surface area contributed by atoms with Crippen molar-refractivity contribution in [2.24, 2.45) is 5.73 Å². The van der Waals surface area contributed by atoms with Gasteiger partial charge in [-0.05, 0) is 35.6 Å². The average molecular weight is 411 g/mol. The number of ether oxygens (including phenoxy) is 1. The Morgan fingerprint density at radius 1 is 1.07 bits per heavy atom. The smallest absolute Gasteiger partial charge is 0.325 e. The van der Waals surface area contributed by atoms with Gasteiger partial charge in [0.05, 0.1) is 6.42 Å². The van der Waals surface area contributed by atoms with Gasteiger partial charge in [-0.3, -0.25) is 19.2 Å². The maximum absolute atomic E-state index is 12.3. The van der Waals surface area contributed by atoms with Crippen molar-refractivity contribution in [2.75, 3.05) is 19.7 Å². The average Bonchev–Trinajstić information content (AvgIpc) is 2.76. The molecule has 2 aromatic carbocycles. The number of piperidine rings is 1. The largest absolute Gasteiger partial charge is 0.454 e. The molecule has 0 spiro atoms. The second kappa shape index (κ2) is 9.87. The maximum Gasteiger partial charge on any atom is 0.325 e. The molecule has 30 heavy (non-hydrogen) atoms. The highest BCUT2D eigenvalue weighted by molar-refractivity contribution is 5.91. The van der Waals surface area contributed by atoms with Crippen LogP contribution in [-0.4, -0.2) is 54.3 Å². The Balaban J connectivity index is 1.45. The number of hydrogen-bond donors (Lipinski definition) is 2. The molecule has 1 aliphatic heterocycles. The Labute approximate surface area is 174 Å². The van der Waals surface area contributed by atoms with Gasteiger partial charge in [0.2, 0.25) is 11.8 Å². The number of benzene rings is 2. The molecule has 0 saturated carbocycles. The quantitative estimate of drug-likeness (QED) is 0.657. The minimum Gasteiger partial charge on any atom is -0.454 e. The normalized spacial score (nSPS) is 16.1. The van der Waals surface area contributed by atoms with Crippen LogP contribution in [0.25, 0.3) is 10.8 Å². The topological polar surface area (TPSA) is 119 Å². The van der Waals surface area contributed by atoms with Gasteiger partial charge in [0.15, 0.2) is 6.61 Å². The van der Waals surface area contributed by atoms with Crippen LogP contribution in [0.2, 0.25) is 0 Å². The Morgan fingerprint density at radius 3 is 2.63 bits per heavy atom. The summed E-state index contributed by atoms with van der Waals surface area (Å²) in [6, 6.07) is 12.8. The molecule has 158 valence electrons. The minimum absolute atomic E-state index is 0.127. The molecule has 1 fully saturated rings. The third kappa shape index (κ3) is 5.34. The van der Waals surface area contributed by atoms with E-state index in [0.29, 0.717) is 13.0 Å². The van der Waals surface area contributed by atoms with Gasteiger partial charge in [0, 0.05) is 6.54 Å². The highest BCUT2D eigenvalue weighted by Crippen LogP contribution is 2.19. The number of amides is 3. The van der Waals surface area contributed by atoms with Crippen LogP contribution in [0.1, 0.15) is 24.8 Å². The molecule has 3 N–H and O–H groups in total. The van der Waals surface area contributed by atoms with E-state index in [1.165, 1.54) is 4.90 Å². The fourth-order valence-electron chi connectivity index (χ4n) is 3.65. The number of rotatable bonds is 7. The lowest BCUT2D eigenvalue weighted by atomic mass is 10.0. The molecule has 8 heteroatoms. The molecule has 1 atom stereocenters. The number of hydrogen-bond acceptors (Lipinski definition) is 5. The van der Waals surface area contributed by atoms with Crippen LogP contribution in [0.15, 0.2) is 42.5 Å². The first-order chi connectivity index (χ1) is 14.5. The fourth-order valence-corrected chi connectivity index (χ4v) is 3.65. The van der Waals surface area contributed by atoms with Gasteiger partial charge in [-0.1, -0.05) is 42.5 Å². The highest BCUT2D eigenvalue weighted by atomic mass is 16.5. The van der Waals surface area contributed by atoms with Gasteiger partial charge in [-0.15, -0.1) is 0 Å². The van der Waals surface area contributed by atoms with E-state index in [2.05, 4.69) is 5.32 Å². The van der Waals surface area contributed by atoms with Crippen molar-refractivity contribution >= 4 is 34.5 Å². The summed E-state index contributed by atoms with van der Waals surface area (Å²) >= 11 is 0. The van der Waals surface area contributed by atoms with Gasteiger partial charge in [0.25, 0.3) is 5.91 Å². The minimum atomic E-state index is -0.720. The number of carbonyl (C=O) groups is 4. The predicted molar refractivity (Wildman–Crippen MR) is 110 cm³/mol. The van der Waals surface area contributed by atoms with Crippen molar-refractivity contribution in [3.8, 4) is 0 Å². The molecule has 0 aromatic heterocycles. The molecule has 8 nitrogen and oxygen atoms in total. The van der Waals surface area contributed by atoms with Crippen molar-refractivity contribution in [1.82, 2.24) is 10.2 Å². The van der Waals surface area contributed by atoms with Crippen molar-refractivity contribution in [1.29, 1.82) is 0 Å². The molecular weight excluding hydrogens is 386 g/mol. The number of fused-ring (bicyclic) bond motifs is 1. The lowest BCUT2D eigenvalue weighted by molar-refractivity contribution is -0.154. The molecule has 1 saturated heterocycles. The van der Waals surface area contributed by atoms with E-state index in [4.69, 9.17) is 10.5 Å². The first-order valence-electron chi connectivity index (χ1n) is 9.93. The Bertz CT molecular complexity index is 953. The van der Waals surface area contributed by atoms with Crippen molar-refractivity contribution in [2.45, 2.75) is 31.7 Å². The van der Waals surface area contributed by atoms with Crippen LogP contribution in [0.4, 0.5) is 0 Å². The van der Waals surface area contributed by atoms with E-state index >= 15 is 0 Å². The van der Waals surface area contributed by atoms with E-state index in [1.54, 1.807) is 0 Å². The van der Waals surface area contributed by atoms with E-state index in [-0.39, 0.29) is 18.9 Å². The van der Waals surface area contributed by atoms with Gasteiger partial charge < -0.3 is 20.7 Å². The van der Waals surface area contributed by atoms with Crippen LogP contribution in [-0.2, 0) is 30.3 Å². The van der Waals surface area contributed by atoms with Crippen molar-refractivity contribution in [3.63, 3.8) is 0 Å². The zero-order valence-corrected chi connectivity index (χ0v) is 16.6. The summed E-state index contributed by atoms with van der Waals surface area (Å²) in [6.07, 6.45) is 2.23. The molecule has 0 radical (unpaired) electrons. The monoisotopic (exact) mass is 411 g/mol. The third-order valence-electron chi connectivity index (χ3n) is 5.17. The first-order valence-corrected chi connectivity index (χ1v) is 9.93.